The second-order valence-electron chi connectivity index (χ2n) is 4.62. The molecule has 0 saturated heterocycles. The minimum Gasteiger partial charge on any atom is -0.489 e. The van der Waals surface area contributed by atoms with Gasteiger partial charge in [-0.1, -0.05) is 17.9 Å². The van der Waals surface area contributed by atoms with Crippen LogP contribution in [0.15, 0.2) is 42.5 Å². The van der Waals surface area contributed by atoms with Crippen LogP contribution in [0, 0.1) is 24.6 Å². The van der Waals surface area contributed by atoms with Crippen molar-refractivity contribution in [2.45, 2.75) is 20.0 Å². The predicted molar refractivity (Wildman–Crippen MR) is 84.1 cm³/mol. The SMILES string of the molecule is Cc1ccc(F)cc1COc1ccc(C#CCCCl)cc1. The van der Waals surface area contributed by atoms with Crippen LogP contribution in [0.25, 0.3) is 0 Å². The van der Waals surface area contributed by atoms with Gasteiger partial charge in [0, 0.05) is 17.9 Å². The van der Waals surface area contributed by atoms with Gasteiger partial charge < -0.3 is 4.74 Å². The lowest BCUT2D eigenvalue weighted by Gasteiger charge is -2.09. The summed E-state index contributed by atoms with van der Waals surface area (Å²) in [5.41, 5.74) is 2.79. The summed E-state index contributed by atoms with van der Waals surface area (Å²) in [7, 11) is 0. The minimum absolute atomic E-state index is 0.246. The van der Waals surface area contributed by atoms with Crippen molar-refractivity contribution in [2.24, 2.45) is 0 Å². The van der Waals surface area contributed by atoms with Gasteiger partial charge in [-0.2, -0.15) is 0 Å². The average molecular weight is 303 g/mol. The molecule has 0 radical (unpaired) electrons. The molecular formula is C18H16ClFO. The van der Waals surface area contributed by atoms with Gasteiger partial charge in [0.15, 0.2) is 0 Å². The zero-order valence-electron chi connectivity index (χ0n) is 11.8. The highest BCUT2D eigenvalue weighted by Gasteiger charge is 2.02. The second-order valence-corrected chi connectivity index (χ2v) is 5.00. The molecule has 0 atom stereocenters. The highest BCUT2D eigenvalue weighted by Crippen LogP contribution is 2.16. The summed E-state index contributed by atoms with van der Waals surface area (Å²) < 4.78 is 18.9. The first-order valence-electron chi connectivity index (χ1n) is 6.72. The van der Waals surface area contributed by atoms with E-state index in [1.165, 1.54) is 12.1 Å². The van der Waals surface area contributed by atoms with Gasteiger partial charge in [0.05, 0.1) is 0 Å². The molecule has 0 bridgehead atoms. The maximum Gasteiger partial charge on any atom is 0.123 e. The van der Waals surface area contributed by atoms with Crippen molar-refractivity contribution in [2.75, 3.05) is 5.88 Å². The third-order valence-electron chi connectivity index (χ3n) is 3.01. The summed E-state index contributed by atoms with van der Waals surface area (Å²) in [5, 5.41) is 0. The number of ether oxygens (including phenoxy) is 1. The van der Waals surface area contributed by atoms with Crippen LogP contribution in [0.2, 0.25) is 0 Å². The number of hydrogen-bond acceptors (Lipinski definition) is 1. The Hall–Kier alpha value is -1.98. The Morgan fingerprint density at radius 2 is 1.90 bits per heavy atom. The van der Waals surface area contributed by atoms with Crippen LogP contribution in [0.1, 0.15) is 23.1 Å². The third kappa shape index (κ3) is 4.81. The van der Waals surface area contributed by atoms with E-state index in [9.17, 15) is 4.39 Å². The van der Waals surface area contributed by atoms with E-state index in [0.29, 0.717) is 18.9 Å². The van der Waals surface area contributed by atoms with Crippen molar-refractivity contribution in [1.29, 1.82) is 0 Å². The summed E-state index contributed by atoms with van der Waals surface area (Å²) >= 11 is 5.57. The number of halogens is 2. The first-order chi connectivity index (χ1) is 10.2. The topological polar surface area (TPSA) is 9.23 Å². The molecule has 0 heterocycles. The monoisotopic (exact) mass is 302 g/mol. The molecule has 0 unspecified atom stereocenters. The van der Waals surface area contributed by atoms with Crippen LogP contribution >= 0.6 is 11.6 Å². The lowest BCUT2D eigenvalue weighted by molar-refractivity contribution is 0.304. The van der Waals surface area contributed by atoms with Crippen molar-refractivity contribution in [3.63, 3.8) is 0 Å². The van der Waals surface area contributed by atoms with Crippen molar-refractivity contribution < 1.29 is 9.13 Å². The van der Waals surface area contributed by atoms with E-state index in [2.05, 4.69) is 11.8 Å². The first kappa shape index (κ1) is 15.4. The molecule has 0 fully saturated rings. The zero-order valence-corrected chi connectivity index (χ0v) is 12.6. The van der Waals surface area contributed by atoms with Crippen molar-refractivity contribution in [3.05, 3.63) is 65.0 Å². The highest BCUT2D eigenvalue weighted by atomic mass is 35.5. The number of rotatable bonds is 4. The smallest absolute Gasteiger partial charge is 0.123 e. The van der Waals surface area contributed by atoms with E-state index in [1.807, 2.05) is 31.2 Å². The van der Waals surface area contributed by atoms with Gasteiger partial charge in [-0.15, -0.1) is 11.6 Å². The van der Waals surface area contributed by atoms with Crippen molar-refractivity contribution >= 4 is 11.6 Å². The van der Waals surface area contributed by atoms with Crippen molar-refractivity contribution in [3.8, 4) is 17.6 Å². The predicted octanol–water partition coefficient (Wildman–Crippen LogP) is 4.69. The van der Waals surface area contributed by atoms with Gasteiger partial charge in [0.25, 0.3) is 0 Å². The summed E-state index contributed by atoms with van der Waals surface area (Å²) in [6.45, 7) is 2.29. The normalized spacial score (nSPS) is 9.86. The van der Waals surface area contributed by atoms with E-state index in [0.717, 1.165) is 22.4 Å². The molecule has 3 heteroatoms. The van der Waals surface area contributed by atoms with Gasteiger partial charge in [0.2, 0.25) is 0 Å². The fourth-order valence-electron chi connectivity index (χ4n) is 1.80. The van der Waals surface area contributed by atoms with Gasteiger partial charge in [-0.3, -0.25) is 0 Å². The Morgan fingerprint density at radius 1 is 1.14 bits per heavy atom. The summed E-state index contributed by atoms with van der Waals surface area (Å²) in [6.07, 6.45) is 0.679. The molecule has 21 heavy (non-hydrogen) atoms. The molecule has 0 aliphatic heterocycles. The number of hydrogen-bond donors (Lipinski definition) is 0. The van der Waals surface area contributed by atoms with Crippen LogP contribution in [0.5, 0.6) is 5.75 Å². The molecule has 0 N–H and O–H groups in total. The number of alkyl halides is 1. The lowest BCUT2D eigenvalue weighted by Crippen LogP contribution is -1.98. The largest absolute Gasteiger partial charge is 0.489 e. The molecule has 108 valence electrons. The van der Waals surface area contributed by atoms with Crippen LogP contribution in [-0.2, 0) is 6.61 Å². The van der Waals surface area contributed by atoms with Gasteiger partial charge in [0.1, 0.15) is 18.2 Å². The Labute approximate surface area is 129 Å². The molecule has 0 amide bonds. The van der Waals surface area contributed by atoms with E-state index in [-0.39, 0.29) is 5.82 Å². The maximum absolute atomic E-state index is 13.2. The molecule has 0 aliphatic rings. The van der Waals surface area contributed by atoms with Gasteiger partial charge >= 0.3 is 0 Å². The fraction of sp³-hybridized carbons (Fsp3) is 0.222. The fourth-order valence-corrected chi connectivity index (χ4v) is 1.90. The maximum atomic E-state index is 13.2. The Bertz CT molecular complexity index is 653. The first-order valence-corrected chi connectivity index (χ1v) is 7.25. The molecule has 2 aromatic carbocycles. The molecule has 0 aromatic heterocycles. The summed E-state index contributed by atoms with van der Waals surface area (Å²) in [5.74, 6) is 7.04. The second kappa shape index (κ2) is 7.71. The molecule has 0 saturated carbocycles. The van der Waals surface area contributed by atoms with Gasteiger partial charge in [-0.25, -0.2) is 4.39 Å². The zero-order chi connectivity index (χ0) is 15.1. The molecule has 1 nitrogen and oxygen atoms in total. The van der Waals surface area contributed by atoms with Crippen LogP contribution in [0.3, 0.4) is 0 Å². The Kier molecular flexibility index (Phi) is 5.66. The lowest BCUT2D eigenvalue weighted by atomic mass is 10.1. The molecule has 2 rings (SSSR count). The molecule has 0 aliphatic carbocycles. The van der Waals surface area contributed by atoms with E-state index >= 15 is 0 Å². The quantitative estimate of drug-likeness (QED) is 0.588. The van der Waals surface area contributed by atoms with Crippen molar-refractivity contribution in [1.82, 2.24) is 0 Å². The minimum atomic E-state index is -0.246. The van der Waals surface area contributed by atoms with Crippen LogP contribution in [-0.4, -0.2) is 5.88 Å². The molecule has 0 spiro atoms. The number of benzene rings is 2. The average Bonchev–Trinajstić information content (AvgIpc) is 2.50. The van der Waals surface area contributed by atoms with Crippen LogP contribution in [0.4, 0.5) is 4.39 Å². The standard InChI is InChI=1S/C18H16ClFO/c1-14-5-8-17(20)12-16(14)13-21-18-9-6-15(7-10-18)4-2-3-11-19/h5-10,12H,3,11,13H2,1H3. The summed E-state index contributed by atoms with van der Waals surface area (Å²) in [4.78, 5) is 0. The van der Waals surface area contributed by atoms with E-state index < -0.39 is 0 Å². The van der Waals surface area contributed by atoms with E-state index in [1.54, 1.807) is 6.07 Å². The van der Waals surface area contributed by atoms with E-state index in [4.69, 9.17) is 16.3 Å². The Morgan fingerprint density at radius 3 is 2.62 bits per heavy atom. The third-order valence-corrected chi connectivity index (χ3v) is 3.20. The summed E-state index contributed by atoms with van der Waals surface area (Å²) in [6, 6.07) is 12.2. The van der Waals surface area contributed by atoms with Gasteiger partial charge in [-0.05, 0) is 54.4 Å². The number of aryl methyl sites for hydroxylation is 1. The molecule has 2 aromatic rings. The Balaban J connectivity index is 1.98. The van der Waals surface area contributed by atoms with Crippen LogP contribution < -0.4 is 4.74 Å². The highest BCUT2D eigenvalue weighted by molar-refractivity contribution is 6.18. The molecular weight excluding hydrogens is 287 g/mol.